The lowest BCUT2D eigenvalue weighted by Crippen LogP contribution is -2.51. The summed E-state index contributed by atoms with van der Waals surface area (Å²) in [6.45, 7) is 3.01. The van der Waals surface area contributed by atoms with Crippen LogP contribution in [-0.2, 0) is 45.0 Å². The zero-order valence-corrected chi connectivity index (χ0v) is 31.5. The van der Waals surface area contributed by atoms with Crippen LogP contribution in [0.15, 0.2) is 59.5 Å². The summed E-state index contributed by atoms with van der Waals surface area (Å²) in [5, 5.41) is 26.1. The van der Waals surface area contributed by atoms with Crippen LogP contribution in [0.5, 0.6) is 0 Å². The second-order valence-corrected chi connectivity index (χ2v) is 15.9. The van der Waals surface area contributed by atoms with Crippen molar-refractivity contribution in [3.8, 4) is 0 Å². The number of sulfonamides is 1. The van der Waals surface area contributed by atoms with Crippen molar-refractivity contribution >= 4 is 33.8 Å². The van der Waals surface area contributed by atoms with E-state index in [1.807, 2.05) is 44.2 Å². The zero-order chi connectivity index (χ0) is 38.7. The average molecular weight is 777 g/mol. The molecular weight excluding hydrogens is 724 g/mol. The minimum Gasteiger partial charge on any atom is -0.449 e. The number of rotatable bonds is 18. The maximum absolute atomic E-state index is 14.4. The topological polar surface area (TPSA) is 202 Å². The number of anilines is 1. The number of nitrogens with zero attached hydrogens (tertiary/aromatic N) is 2. The molecule has 2 saturated heterocycles. The van der Waals surface area contributed by atoms with Crippen LogP contribution in [-0.4, -0.2) is 118 Å². The van der Waals surface area contributed by atoms with E-state index in [-0.39, 0.29) is 55.2 Å². The lowest BCUT2D eigenvalue weighted by molar-refractivity contribution is -0.145. The van der Waals surface area contributed by atoms with E-state index in [1.165, 1.54) is 24.3 Å². The molecule has 0 aromatic heterocycles. The molecule has 0 unspecified atom stereocenters. The highest BCUT2D eigenvalue weighted by Crippen LogP contribution is 2.33. The maximum Gasteiger partial charge on any atom is 0.414 e. The van der Waals surface area contributed by atoms with E-state index in [2.05, 4.69) is 10.6 Å². The van der Waals surface area contributed by atoms with E-state index in [0.29, 0.717) is 25.9 Å². The number of carbonyl (C=O) groups is 3. The summed E-state index contributed by atoms with van der Waals surface area (Å²) in [7, 11) is -4.53. The fourth-order valence-corrected chi connectivity index (χ4v) is 7.90. The van der Waals surface area contributed by atoms with Crippen molar-refractivity contribution < 1.29 is 56.8 Å². The van der Waals surface area contributed by atoms with Crippen molar-refractivity contribution in [2.24, 2.45) is 11.8 Å². The predicted molar refractivity (Wildman–Crippen MR) is 194 cm³/mol. The van der Waals surface area contributed by atoms with Gasteiger partial charge in [-0.1, -0.05) is 67.6 Å². The van der Waals surface area contributed by atoms with Crippen molar-refractivity contribution in [3.05, 3.63) is 60.2 Å². The Morgan fingerprint density at radius 1 is 1.02 bits per heavy atom. The van der Waals surface area contributed by atoms with Gasteiger partial charge in [0.05, 0.1) is 62.0 Å². The molecule has 2 aliphatic heterocycles. The van der Waals surface area contributed by atoms with Crippen molar-refractivity contribution in [1.82, 2.24) is 15.1 Å². The Hall–Kier alpha value is -3.84. The molecule has 1 saturated carbocycles. The second kappa shape index (κ2) is 19.7. The Balaban J connectivity index is 1.39. The van der Waals surface area contributed by atoms with Gasteiger partial charge in [0.2, 0.25) is 5.91 Å². The molecule has 3 aliphatic rings. The molecule has 17 heteroatoms. The smallest absolute Gasteiger partial charge is 0.414 e. The molecular formula is C37H52N4O12S. The minimum absolute atomic E-state index is 0.00788. The molecule has 2 aromatic rings. The van der Waals surface area contributed by atoms with Gasteiger partial charge in [-0.2, -0.15) is 0 Å². The van der Waals surface area contributed by atoms with Gasteiger partial charge in [-0.3, -0.25) is 14.5 Å². The van der Waals surface area contributed by atoms with Gasteiger partial charge in [0.15, 0.2) is 6.29 Å². The van der Waals surface area contributed by atoms with Gasteiger partial charge in [0.25, 0.3) is 10.0 Å². The van der Waals surface area contributed by atoms with Crippen LogP contribution in [0.4, 0.5) is 15.3 Å². The Labute approximate surface area is 316 Å². The number of benzene rings is 2. The van der Waals surface area contributed by atoms with E-state index >= 15 is 0 Å². The highest BCUT2D eigenvalue weighted by molar-refractivity contribution is 7.89. The van der Waals surface area contributed by atoms with E-state index in [1.54, 1.807) is 0 Å². The highest BCUT2D eigenvalue weighted by Gasteiger charge is 2.44. The van der Waals surface area contributed by atoms with Crippen LogP contribution in [0.2, 0.25) is 0 Å². The van der Waals surface area contributed by atoms with Gasteiger partial charge in [-0.25, -0.2) is 18.0 Å². The molecule has 5 atom stereocenters. The highest BCUT2D eigenvalue weighted by atomic mass is 32.2. The fourth-order valence-electron chi connectivity index (χ4n) is 6.56. The van der Waals surface area contributed by atoms with Gasteiger partial charge >= 0.3 is 12.2 Å². The average Bonchev–Trinajstić information content (AvgIpc) is 3.93. The number of hydroxylamine groups is 1. The van der Waals surface area contributed by atoms with Crippen LogP contribution >= 0.6 is 0 Å². The molecule has 1 aliphatic carbocycles. The van der Waals surface area contributed by atoms with Crippen LogP contribution in [0.3, 0.4) is 0 Å². The number of hydrogen-bond acceptors (Lipinski definition) is 12. The summed E-state index contributed by atoms with van der Waals surface area (Å²) < 4.78 is 51.8. The third kappa shape index (κ3) is 11.3. The molecule has 54 heavy (non-hydrogen) atoms. The SMILES string of the molecule is CC(C)COC(=O)N(CC(=O)NCCO)c1cccc(S(=O)(=O)N(C[C@@H](O)[C@H](Cc2ccccc2)NC(=O)O[C@@H]2CO[C@@H]3OCC[C@@H]32)OC2CCCC2)c1. The molecule has 3 amide bonds. The molecule has 0 spiro atoms. The fraction of sp³-hybridized carbons (Fsp3) is 0.595. The minimum atomic E-state index is -4.53. The Morgan fingerprint density at radius 3 is 2.50 bits per heavy atom. The largest absolute Gasteiger partial charge is 0.449 e. The molecule has 5 rings (SSSR count). The number of hydrogen-bond donors (Lipinski definition) is 4. The Bertz CT molecular complexity index is 1640. The number of carbonyl (C=O) groups excluding carboxylic acids is 3. The predicted octanol–water partition coefficient (Wildman–Crippen LogP) is 2.72. The number of fused-ring (bicyclic) bond motifs is 1. The molecule has 2 heterocycles. The quantitative estimate of drug-likeness (QED) is 0.162. The molecule has 298 valence electrons. The van der Waals surface area contributed by atoms with E-state index < -0.39 is 71.9 Å². The summed E-state index contributed by atoms with van der Waals surface area (Å²) in [6.07, 6.45) is -0.832. The summed E-state index contributed by atoms with van der Waals surface area (Å²) in [4.78, 5) is 46.0. The van der Waals surface area contributed by atoms with E-state index in [0.717, 1.165) is 27.8 Å². The van der Waals surface area contributed by atoms with Crippen molar-refractivity contribution in [2.45, 2.75) is 87.9 Å². The van der Waals surface area contributed by atoms with Gasteiger partial charge in [0, 0.05) is 12.2 Å². The van der Waals surface area contributed by atoms with Crippen molar-refractivity contribution in [3.63, 3.8) is 0 Å². The summed E-state index contributed by atoms with van der Waals surface area (Å²) in [5.41, 5.74) is 0.837. The Morgan fingerprint density at radius 2 is 1.78 bits per heavy atom. The summed E-state index contributed by atoms with van der Waals surface area (Å²) in [6, 6.07) is 13.6. The zero-order valence-electron chi connectivity index (χ0n) is 30.7. The van der Waals surface area contributed by atoms with Crippen molar-refractivity contribution in [2.75, 3.05) is 51.0 Å². The molecule has 0 radical (unpaired) electrons. The van der Waals surface area contributed by atoms with Gasteiger partial charge in [-0.05, 0) is 55.4 Å². The van der Waals surface area contributed by atoms with Crippen LogP contribution in [0, 0.1) is 11.8 Å². The monoisotopic (exact) mass is 776 g/mol. The molecule has 0 bridgehead atoms. The normalized spacial score (nSPS) is 21.1. The second-order valence-electron chi connectivity index (χ2n) is 14.1. The molecule has 4 N–H and O–H groups in total. The Kier molecular flexibility index (Phi) is 15.0. The first-order valence-electron chi connectivity index (χ1n) is 18.5. The van der Waals surface area contributed by atoms with Gasteiger partial charge < -0.3 is 39.8 Å². The first-order chi connectivity index (χ1) is 25.9. The molecule has 16 nitrogen and oxygen atoms in total. The van der Waals surface area contributed by atoms with E-state index in [4.69, 9.17) is 28.9 Å². The number of aliphatic hydroxyl groups excluding tert-OH is 2. The molecule has 3 fully saturated rings. The lowest BCUT2D eigenvalue weighted by atomic mass is 10.0. The number of ether oxygens (including phenoxy) is 4. The third-order valence-electron chi connectivity index (χ3n) is 9.41. The van der Waals surface area contributed by atoms with E-state index in [9.17, 15) is 27.9 Å². The lowest BCUT2D eigenvalue weighted by Gasteiger charge is -2.31. The van der Waals surface area contributed by atoms with Gasteiger partial charge in [0.1, 0.15) is 12.6 Å². The van der Waals surface area contributed by atoms with Crippen molar-refractivity contribution in [1.29, 1.82) is 0 Å². The first-order valence-corrected chi connectivity index (χ1v) is 19.9. The third-order valence-corrected chi connectivity index (χ3v) is 11.0. The first kappa shape index (κ1) is 41.3. The maximum atomic E-state index is 14.4. The molecule has 2 aromatic carbocycles. The number of amides is 3. The summed E-state index contributed by atoms with van der Waals surface area (Å²) in [5.74, 6) is -0.709. The van der Waals surface area contributed by atoms with Crippen LogP contribution in [0.1, 0.15) is 51.5 Å². The van der Waals surface area contributed by atoms with Gasteiger partial charge in [-0.15, -0.1) is 0 Å². The standard InChI is InChI=1S/C37H52N4O12S/c1-25(2)23-51-37(46)40(22-34(44)38-16-17-42)27-11-8-14-29(20-27)54(47,48)41(53-28-12-6-7-13-28)21-32(43)31(19-26-9-4-3-5-10-26)39-36(45)52-33-24-50-35-30(33)15-18-49-35/h3-5,8-11,14,20,25,28,30-33,35,42-43H,6-7,12-13,15-19,21-24H2,1-2H3,(H,38,44)(H,39,45)/t30-,31+,32-,33-,35+/m1/s1. The van der Waals surface area contributed by atoms with Crippen LogP contribution in [0.25, 0.3) is 0 Å². The number of aliphatic hydroxyl groups is 2. The van der Waals surface area contributed by atoms with Crippen LogP contribution < -0.4 is 15.5 Å². The number of alkyl carbamates (subject to hydrolysis) is 1. The summed E-state index contributed by atoms with van der Waals surface area (Å²) >= 11 is 0. The number of nitrogens with one attached hydrogen (secondary N) is 2.